The van der Waals surface area contributed by atoms with Gasteiger partial charge in [0.25, 0.3) is 0 Å². The van der Waals surface area contributed by atoms with Gasteiger partial charge in [0.05, 0.1) is 0 Å². The Hall–Kier alpha value is -2.05. The summed E-state index contributed by atoms with van der Waals surface area (Å²) >= 11 is 0. The van der Waals surface area contributed by atoms with Crippen molar-refractivity contribution in [1.82, 2.24) is 4.90 Å². The summed E-state index contributed by atoms with van der Waals surface area (Å²) in [7, 11) is -1.68. The van der Waals surface area contributed by atoms with E-state index >= 15 is 0 Å². The Labute approximate surface area is 143 Å². The summed E-state index contributed by atoms with van der Waals surface area (Å²) < 4.78 is 29.8. The molecule has 1 fully saturated rings. The van der Waals surface area contributed by atoms with Gasteiger partial charge in [-0.15, -0.1) is 0 Å². The van der Waals surface area contributed by atoms with Crippen LogP contribution in [0, 0.1) is 6.92 Å². The van der Waals surface area contributed by atoms with Gasteiger partial charge >= 0.3 is 10.1 Å². The molecule has 3 rings (SSSR count). The average molecular weight is 346 g/mol. The van der Waals surface area contributed by atoms with Crippen molar-refractivity contribution in [1.29, 1.82) is 0 Å². The molecule has 6 heteroatoms. The zero-order valence-corrected chi connectivity index (χ0v) is 14.8. The number of likely N-dealkylation sites (N-methyl/N-ethyl adjacent to an activating group) is 1. The number of rotatable bonds is 4. The molecule has 0 aliphatic carbocycles. The Kier molecular flexibility index (Phi) is 4.78. The minimum atomic E-state index is -3.80. The highest BCUT2D eigenvalue weighted by molar-refractivity contribution is 7.87. The van der Waals surface area contributed by atoms with E-state index in [1.807, 2.05) is 19.1 Å². The third-order valence-corrected chi connectivity index (χ3v) is 5.48. The van der Waals surface area contributed by atoms with Gasteiger partial charge in [0.15, 0.2) is 0 Å². The molecule has 5 nitrogen and oxygen atoms in total. The highest BCUT2D eigenvalue weighted by Crippen LogP contribution is 2.23. The maximum Gasteiger partial charge on any atom is 0.339 e. The minimum absolute atomic E-state index is 0.163. The lowest BCUT2D eigenvalue weighted by Crippen LogP contribution is -2.44. The molecule has 0 bridgehead atoms. The van der Waals surface area contributed by atoms with Crippen molar-refractivity contribution in [2.75, 3.05) is 38.1 Å². The van der Waals surface area contributed by atoms with Crippen molar-refractivity contribution < 1.29 is 12.6 Å². The summed E-state index contributed by atoms with van der Waals surface area (Å²) in [5.41, 5.74) is 2.09. The third-order valence-electron chi connectivity index (χ3n) is 4.22. The molecule has 0 spiro atoms. The van der Waals surface area contributed by atoms with Crippen LogP contribution in [-0.4, -0.2) is 46.5 Å². The summed E-state index contributed by atoms with van der Waals surface area (Å²) in [5.74, 6) is 0.327. The van der Waals surface area contributed by atoms with Gasteiger partial charge in [0, 0.05) is 31.9 Å². The van der Waals surface area contributed by atoms with E-state index in [2.05, 4.69) is 16.8 Å². The molecule has 0 atom stereocenters. The Bertz CT molecular complexity index is 778. The second-order valence-electron chi connectivity index (χ2n) is 6.13. The number of hydrogen-bond acceptors (Lipinski definition) is 5. The fraction of sp³-hybridized carbons (Fsp3) is 0.333. The van der Waals surface area contributed by atoms with Crippen LogP contribution in [0.2, 0.25) is 0 Å². The summed E-state index contributed by atoms with van der Waals surface area (Å²) in [6, 6.07) is 13.9. The quantitative estimate of drug-likeness (QED) is 0.796. The van der Waals surface area contributed by atoms with Gasteiger partial charge in [-0.05, 0) is 50.4 Å². The number of anilines is 1. The maximum atomic E-state index is 12.3. The molecule has 1 aliphatic heterocycles. The van der Waals surface area contributed by atoms with Crippen molar-refractivity contribution in [3.63, 3.8) is 0 Å². The van der Waals surface area contributed by atoms with Gasteiger partial charge in [0.1, 0.15) is 10.6 Å². The highest BCUT2D eigenvalue weighted by Gasteiger charge is 2.17. The van der Waals surface area contributed by atoms with E-state index in [1.165, 1.54) is 0 Å². The lowest BCUT2D eigenvalue weighted by Gasteiger charge is -2.34. The van der Waals surface area contributed by atoms with Gasteiger partial charge in [-0.2, -0.15) is 8.42 Å². The average Bonchev–Trinajstić information content (AvgIpc) is 2.56. The predicted octanol–water partition coefficient (Wildman–Crippen LogP) is 2.51. The Balaban J connectivity index is 1.70. The molecule has 2 aromatic rings. The van der Waals surface area contributed by atoms with Crippen LogP contribution < -0.4 is 9.08 Å². The summed E-state index contributed by atoms with van der Waals surface area (Å²) in [6.07, 6.45) is 0. The second-order valence-corrected chi connectivity index (χ2v) is 7.68. The zero-order chi connectivity index (χ0) is 17.2. The van der Waals surface area contributed by atoms with Crippen LogP contribution >= 0.6 is 0 Å². The number of benzene rings is 2. The van der Waals surface area contributed by atoms with E-state index in [0.717, 1.165) is 37.4 Å². The number of hydrogen-bond donors (Lipinski definition) is 0. The van der Waals surface area contributed by atoms with Crippen LogP contribution in [0.4, 0.5) is 5.69 Å². The minimum Gasteiger partial charge on any atom is -0.379 e. The van der Waals surface area contributed by atoms with Gasteiger partial charge in [-0.1, -0.05) is 17.7 Å². The Morgan fingerprint density at radius 2 is 1.46 bits per heavy atom. The molecule has 0 N–H and O–H groups in total. The van der Waals surface area contributed by atoms with Crippen LogP contribution in [0.1, 0.15) is 5.56 Å². The van der Waals surface area contributed by atoms with E-state index in [1.54, 1.807) is 36.4 Å². The highest BCUT2D eigenvalue weighted by atomic mass is 32.2. The molecule has 128 valence electrons. The monoisotopic (exact) mass is 346 g/mol. The summed E-state index contributed by atoms with van der Waals surface area (Å²) in [6.45, 7) is 5.91. The molecular formula is C18H22N2O3S. The van der Waals surface area contributed by atoms with Gasteiger partial charge in [0.2, 0.25) is 0 Å². The van der Waals surface area contributed by atoms with Crippen LogP contribution in [0.5, 0.6) is 5.75 Å². The molecule has 24 heavy (non-hydrogen) atoms. The first-order chi connectivity index (χ1) is 11.4. The Morgan fingerprint density at radius 1 is 0.875 bits per heavy atom. The molecule has 0 amide bonds. The van der Waals surface area contributed by atoms with E-state index in [9.17, 15) is 8.42 Å². The predicted molar refractivity (Wildman–Crippen MR) is 95.1 cm³/mol. The third kappa shape index (κ3) is 3.88. The van der Waals surface area contributed by atoms with Crippen LogP contribution in [0.25, 0.3) is 0 Å². The van der Waals surface area contributed by atoms with E-state index < -0.39 is 10.1 Å². The molecule has 0 saturated carbocycles. The zero-order valence-electron chi connectivity index (χ0n) is 14.0. The fourth-order valence-electron chi connectivity index (χ4n) is 2.66. The first-order valence-corrected chi connectivity index (χ1v) is 9.39. The van der Waals surface area contributed by atoms with Gasteiger partial charge in [-0.3, -0.25) is 0 Å². The van der Waals surface area contributed by atoms with Crippen LogP contribution in [-0.2, 0) is 10.1 Å². The van der Waals surface area contributed by atoms with Crippen molar-refractivity contribution >= 4 is 15.8 Å². The molecule has 1 saturated heterocycles. The molecular weight excluding hydrogens is 324 g/mol. The standard InChI is InChI=1S/C18H22N2O3S/c1-15-3-9-18(10-4-15)24(21,22)23-17-7-5-16(6-8-17)20-13-11-19(2)12-14-20/h3-10H,11-14H2,1-2H3. The number of nitrogens with zero attached hydrogens (tertiary/aromatic N) is 2. The van der Waals surface area contributed by atoms with Crippen LogP contribution in [0.15, 0.2) is 53.4 Å². The normalized spacial score (nSPS) is 16.2. The largest absolute Gasteiger partial charge is 0.379 e. The van der Waals surface area contributed by atoms with Crippen molar-refractivity contribution in [2.24, 2.45) is 0 Å². The van der Waals surface area contributed by atoms with E-state index in [-0.39, 0.29) is 4.90 Å². The lowest BCUT2D eigenvalue weighted by molar-refractivity contribution is 0.313. The molecule has 0 unspecified atom stereocenters. The van der Waals surface area contributed by atoms with Crippen molar-refractivity contribution in [2.45, 2.75) is 11.8 Å². The maximum absolute atomic E-state index is 12.3. The summed E-state index contributed by atoms with van der Waals surface area (Å²) in [4.78, 5) is 4.75. The van der Waals surface area contributed by atoms with Crippen molar-refractivity contribution in [3.8, 4) is 5.75 Å². The summed E-state index contributed by atoms with van der Waals surface area (Å²) in [5, 5.41) is 0. The van der Waals surface area contributed by atoms with Crippen LogP contribution in [0.3, 0.4) is 0 Å². The number of piperazine rings is 1. The smallest absolute Gasteiger partial charge is 0.339 e. The van der Waals surface area contributed by atoms with E-state index in [0.29, 0.717) is 5.75 Å². The van der Waals surface area contributed by atoms with Crippen molar-refractivity contribution in [3.05, 3.63) is 54.1 Å². The molecule has 1 heterocycles. The second kappa shape index (κ2) is 6.83. The first-order valence-electron chi connectivity index (χ1n) is 7.99. The van der Waals surface area contributed by atoms with E-state index in [4.69, 9.17) is 4.18 Å². The number of aryl methyl sites for hydroxylation is 1. The molecule has 2 aromatic carbocycles. The Morgan fingerprint density at radius 3 is 2.04 bits per heavy atom. The molecule has 0 radical (unpaired) electrons. The topological polar surface area (TPSA) is 49.9 Å². The fourth-order valence-corrected chi connectivity index (χ4v) is 3.59. The molecule has 0 aromatic heterocycles. The van der Waals surface area contributed by atoms with Gasteiger partial charge in [-0.25, -0.2) is 0 Å². The SMILES string of the molecule is Cc1ccc(S(=O)(=O)Oc2ccc(N3CCN(C)CC3)cc2)cc1. The first kappa shape index (κ1) is 16.8. The molecule has 1 aliphatic rings. The lowest BCUT2D eigenvalue weighted by atomic mass is 10.2. The van der Waals surface area contributed by atoms with Gasteiger partial charge < -0.3 is 14.0 Å².